The van der Waals surface area contributed by atoms with Crippen LogP contribution in [0.25, 0.3) is 0 Å². The van der Waals surface area contributed by atoms with Crippen molar-refractivity contribution in [1.82, 2.24) is 24.3 Å². The zero-order valence-corrected chi connectivity index (χ0v) is 14.6. The van der Waals surface area contributed by atoms with Crippen molar-refractivity contribution in [2.75, 3.05) is 0 Å². The summed E-state index contributed by atoms with van der Waals surface area (Å²) >= 11 is 0. The van der Waals surface area contributed by atoms with Crippen LogP contribution in [0.2, 0.25) is 0 Å². The van der Waals surface area contributed by atoms with Crippen molar-refractivity contribution in [1.29, 1.82) is 0 Å². The first kappa shape index (κ1) is 17.1. The van der Waals surface area contributed by atoms with E-state index in [1.165, 1.54) is 6.20 Å². The van der Waals surface area contributed by atoms with Gasteiger partial charge in [0, 0.05) is 31.5 Å². The molecule has 1 saturated carbocycles. The van der Waals surface area contributed by atoms with Crippen LogP contribution in [0, 0.1) is 5.92 Å². The highest BCUT2D eigenvalue weighted by atomic mass is 32.2. The third-order valence-electron chi connectivity index (χ3n) is 4.36. The van der Waals surface area contributed by atoms with Gasteiger partial charge in [0.25, 0.3) is 0 Å². The number of aliphatic hydroxyl groups is 1. The second-order valence-corrected chi connectivity index (χ2v) is 8.08. The van der Waals surface area contributed by atoms with E-state index in [1.54, 1.807) is 35.0 Å². The molecule has 9 heteroatoms. The van der Waals surface area contributed by atoms with Gasteiger partial charge in [-0.2, -0.15) is 10.2 Å². The SMILES string of the molecule is CCCn1cc(S(=O)(=O)N[C@@H](c2cnn(C)c2)C2CC(O)C2)cn1. The van der Waals surface area contributed by atoms with E-state index in [9.17, 15) is 13.5 Å². The maximum absolute atomic E-state index is 12.7. The van der Waals surface area contributed by atoms with Crippen molar-refractivity contribution in [2.45, 2.75) is 49.8 Å². The fourth-order valence-electron chi connectivity index (χ4n) is 3.01. The standard InChI is InChI=1S/C15H23N5O3S/c1-3-4-20-10-14(8-17-20)24(22,23)18-15(11-5-13(21)6-11)12-7-16-19(2)9-12/h7-11,13,15,18,21H,3-6H2,1-2H3/t11?,13?,15-/m1/s1. The monoisotopic (exact) mass is 353 g/mol. The fraction of sp³-hybridized carbons (Fsp3) is 0.600. The summed E-state index contributed by atoms with van der Waals surface area (Å²) in [7, 11) is -1.90. The molecule has 132 valence electrons. The van der Waals surface area contributed by atoms with Crippen LogP contribution in [-0.2, 0) is 23.6 Å². The molecule has 1 fully saturated rings. The summed E-state index contributed by atoms with van der Waals surface area (Å²) in [6.45, 7) is 2.69. The van der Waals surface area contributed by atoms with Crippen LogP contribution >= 0.6 is 0 Å². The molecule has 8 nitrogen and oxygen atoms in total. The van der Waals surface area contributed by atoms with E-state index < -0.39 is 16.1 Å². The molecule has 24 heavy (non-hydrogen) atoms. The van der Waals surface area contributed by atoms with Gasteiger partial charge in [0.1, 0.15) is 4.90 Å². The van der Waals surface area contributed by atoms with Gasteiger partial charge in [0.15, 0.2) is 0 Å². The van der Waals surface area contributed by atoms with Gasteiger partial charge in [-0.3, -0.25) is 9.36 Å². The second-order valence-electron chi connectivity index (χ2n) is 6.37. The number of aryl methyl sites for hydroxylation is 2. The topological polar surface area (TPSA) is 102 Å². The Morgan fingerprint density at radius 1 is 1.33 bits per heavy atom. The number of hydrogen-bond donors (Lipinski definition) is 2. The molecule has 0 bridgehead atoms. The van der Waals surface area contributed by atoms with Gasteiger partial charge in [0.2, 0.25) is 10.0 Å². The first-order valence-electron chi connectivity index (χ1n) is 8.10. The van der Waals surface area contributed by atoms with Gasteiger partial charge in [-0.25, -0.2) is 13.1 Å². The molecule has 0 radical (unpaired) electrons. The normalized spacial score (nSPS) is 22.3. The van der Waals surface area contributed by atoms with Gasteiger partial charge in [-0.05, 0) is 25.2 Å². The first-order chi connectivity index (χ1) is 11.4. The molecule has 2 heterocycles. The Hall–Kier alpha value is -1.71. The molecule has 2 N–H and O–H groups in total. The lowest BCUT2D eigenvalue weighted by Crippen LogP contribution is -2.41. The molecule has 0 aromatic carbocycles. The van der Waals surface area contributed by atoms with Gasteiger partial charge in [-0.15, -0.1) is 0 Å². The second kappa shape index (κ2) is 6.66. The van der Waals surface area contributed by atoms with Crippen LogP contribution in [0.1, 0.15) is 37.8 Å². The summed E-state index contributed by atoms with van der Waals surface area (Å²) in [6, 6.07) is -0.401. The molecule has 2 aromatic rings. The molecule has 0 aliphatic heterocycles. The maximum atomic E-state index is 12.7. The van der Waals surface area contributed by atoms with Crippen LogP contribution in [0.15, 0.2) is 29.7 Å². The minimum atomic E-state index is -3.69. The van der Waals surface area contributed by atoms with E-state index in [2.05, 4.69) is 14.9 Å². The van der Waals surface area contributed by atoms with Crippen molar-refractivity contribution in [2.24, 2.45) is 13.0 Å². The summed E-state index contributed by atoms with van der Waals surface area (Å²) in [5.41, 5.74) is 0.805. The Morgan fingerprint density at radius 3 is 2.67 bits per heavy atom. The Labute approximate surface area is 141 Å². The van der Waals surface area contributed by atoms with Crippen LogP contribution < -0.4 is 4.72 Å². The third kappa shape index (κ3) is 3.52. The largest absolute Gasteiger partial charge is 0.393 e. The van der Waals surface area contributed by atoms with Crippen molar-refractivity contribution in [3.63, 3.8) is 0 Å². The summed E-state index contributed by atoms with van der Waals surface area (Å²) < 4.78 is 31.5. The molecular formula is C15H23N5O3S. The number of sulfonamides is 1. The third-order valence-corrected chi connectivity index (χ3v) is 5.76. The zero-order chi connectivity index (χ0) is 17.3. The molecular weight excluding hydrogens is 330 g/mol. The summed E-state index contributed by atoms with van der Waals surface area (Å²) in [6.07, 6.45) is 8.07. The van der Waals surface area contributed by atoms with Crippen LogP contribution in [-0.4, -0.2) is 39.2 Å². The highest BCUT2D eigenvalue weighted by Gasteiger charge is 2.38. The van der Waals surface area contributed by atoms with Gasteiger partial charge >= 0.3 is 0 Å². The van der Waals surface area contributed by atoms with E-state index in [-0.39, 0.29) is 16.9 Å². The molecule has 2 aromatic heterocycles. The van der Waals surface area contributed by atoms with Crippen molar-refractivity contribution in [3.8, 4) is 0 Å². The zero-order valence-electron chi connectivity index (χ0n) is 13.8. The number of nitrogens with zero attached hydrogens (tertiary/aromatic N) is 4. The molecule has 1 atom stereocenters. The minimum Gasteiger partial charge on any atom is -0.393 e. The average Bonchev–Trinajstić information content (AvgIpc) is 3.12. The molecule has 3 rings (SSSR count). The molecule has 1 aliphatic carbocycles. The molecule has 0 amide bonds. The summed E-state index contributed by atoms with van der Waals surface area (Å²) in [4.78, 5) is 0.157. The Bertz CT molecular complexity index is 792. The molecule has 0 spiro atoms. The lowest BCUT2D eigenvalue weighted by atomic mass is 9.76. The first-order valence-corrected chi connectivity index (χ1v) is 9.58. The Balaban J connectivity index is 1.82. The smallest absolute Gasteiger partial charge is 0.244 e. The summed E-state index contributed by atoms with van der Waals surface area (Å²) in [5, 5.41) is 17.8. The number of hydrogen-bond acceptors (Lipinski definition) is 5. The van der Waals surface area contributed by atoms with Crippen molar-refractivity contribution in [3.05, 3.63) is 30.4 Å². The summed E-state index contributed by atoms with van der Waals surface area (Å²) in [5.74, 6) is 0.0599. The number of rotatable bonds is 7. The quantitative estimate of drug-likeness (QED) is 0.767. The van der Waals surface area contributed by atoms with Crippen LogP contribution in [0.5, 0.6) is 0 Å². The van der Waals surface area contributed by atoms with E-state index in [1.807, 2.05) is 6.92 Å². The van der Waals surface area contributed by atoms with Gasteiger partial charge in [-0.1, -0.05) is 6.92 Å². The minimum absolute atomic E-state index is 0.0599. The highest BCUT2D eigenvalue weighted by molar-refractivity contribution is 7.89. The maximum Gasteiger partial charge on any atom is 0.244 e. The molecule has 1 aliphatic rings. The molecule has 0 unspecified atom stereocenters. The highest BCUT2D eigenvalue weighted by Crippen LogP contribution is 2.38. The van der Waals surface area contributed by atoms with E-state index in [0.29, 0.717) is 19.4 Å². The fourth-order valence-corrected chi connectivity index (χ4v) is 4.25. The lowest BCUT2D eigenvalue weighted by molar-refractivity contribution is 0.0280. The Kier molecular flexibility index (Phi) is 4.75. The van der Waals surface area contributed by atoms with Crippen LogP contribution in [0.3, 0.4) is 0 Å². The molecule has 0 saturated heterocycles. The predicted octanol–water partition coefficient (Wildman–Crippen LogP) is 0.817. The number of aromatic nitrogens is 4. The van der Waals surface area contributed by atoms with Crippen LogP contribution in [0.4, 0.5) is 0 Å². The lowest BCUT2D eigenvalue weighted by Gasteiger charge is -2.37. The van der Waals surface area contributed by atoms with E-state index in [0.717, 1.165) is 12.0 Å². The number of nitrogens with one attached hydrogen (secondary N) is 1. The van der Waals surface area contributed by atoms with E-state index >= 15 is 0 Å². The van der Waals surface area contributed by atoms with Gasteiger partial charge < -0.3 is 5.11 Å². The average molecular weight is 353 g/mol. The van der Waals surface area contributed by atoms with E-state index in [4.69, 9.17) is 0 Å². The van der Waals surface area contributed by atoms with Gasteiger partial charge in [0.05, 0.1) is 24.5 Å². The van der Waals surface area contributed by atoms with Crippen molar-refractivity contribution >= 4 is 10.0 Å². The Morgan fingerprint density at radius 2 is 2.08 bits per heavy atom. The predicted molar refractivity (Wildman–Crippen MR) is 87.5 cm³/mol. The number of aliphatic hydroxyl groups excluding tert-OH is 1. The van der Waals surface area contributed by atoms with Crippen molar-refractivity contribution < 1.29 is 13.5 Å².